The van der Waals surface area contributed by atoms with Gasteiger partial charge in [0.15, 0.2) is 9.84 Å². The molecule has 0 bridgehead atoms. The minimum absolute atomic E-state index is 0.221. The second kappa shape index (κ2) is 4.43. The zero-order valence-electron chi connectivity index (χ0n) is 7.47. The maximum Gasteiger partial charge on any atom is 0.164 e. The van der Waals surface area contributed by atoms with Gasteiger partial charge in [-0.3, -0.25) is 4.90 Å². The highest BCUT2D eigenvalue weighted by Gasteiger charge is 2.30. The highest BCUT2D eigenvalue weighted by Crippen LogP contribution is 2.19. The Morgan fingerprint density at radius 3 is 2.85 bits per heavy atom. The van der Waals surface area contributed by atoms with Gasteiger partial charge >= 0.3 is 0 Å². The van der Waals surface area contributed by atoms with Crippen LogP contribution in [0, 0.1) is 0 Å². The zero-order chi connectivity index (χ0) is 9.90. The normalized spacial score (nSPS) is 25.8. The lowest BCUT2D eigenvalue weighted by Gasteiger charge is -2.32. The summed E-state index contributed by atoms with van der Waals surface area (Å²) in [7, 11) is -3.05. The molecule has 1 saturated heterocycles. The first-order chi connectivity index (χ1) is 6.05. The van der Waals surface area contributed by atoms with Crippen LogP contribution < -0.4 is 0 Å². The van der Waals surface area contributed by atoms with Crippen molar-refractivity contribution in [3.05, 3.63) is 0 Å². The quantitative estimate of drug-likeness (QED) is 0.610. The Morgan fingerprint density at radius 1 is 1.62 bits per heavy atom. The van der Waals surface area contributed by atoms with E-state index in [9.17, 15) is 13.2 Å². The predicted molar refractivity (Wildman–Crippen MR) is 53.6 cm³/mol. The van der Waals surface area contributed by atoms with Crippen LogP contribution in [0.4, 0.5) is 0 Å². The Morgan fingerprint density at radius 2 is 2.31 bits per heavy atom. The van der Waals surface area contributed by atoms with E-state index in [0.29, 0.717) is 12.3 Å². The van der Waals surface area contributed by atoms with E-state index in [4.69, 9.17) is 0 Å². The fourth-order valence-corrected chi connectivity index (χ4v) is 4.27. The van der Waals surface area contributed by atoms with E-state index in [0.717, 1.165) is 12.0 Å². The molecule has 0 amide bonds. The van der Waals surface area contributed by atoms with E-state index in [2.05, 4.69) is 0 Å². The molecule has 0 N–H and O–H groups in total. The Bertz CT molecular complexity index is 275. The Balaban J connectivity index is 2.73. The molecule has 1 rings (SSSR count). The third-order valence-electron chi connectivity index (χ3n) is 1.99. The lowest BCUT2D eigenvalue weighted by molar-refractivity contribution is -0.108. The molecule has 13 heavy (non-hydrogen) atoms. The van der Waals surface area contributed by atoms with Crippen LogP contribution >= 0.6 is 11.8 Å². The summed E-state index contributed by atoms with van der Waals surface area (Å²) in [5.41, 5.74) is 0. The molecule has 0 aliphatic carbocycles. The Hall–Kier alpha value is -0.0700. The Kier molecular flexibility index (Phi) is 3.75. The number of hydrogen-bond acceptors (Lipinski definition) is 5. The van der Waals surface area contributed by atoms with E-state index in [1.54, 1.807) is 16.7 Å². The molecule has 0 aromatic heterocycles. The standard InChI is InChI=1S/C7H13NO3S2/c1-13(10,11)7-6-12-5-3-8(7)2-4-9/h4,7H,2-3,5-6H2,1H3. The molecule has 1 aliphatic heterocycles. The van der Waals surface area contributed by atoms with E-state index >= 15 is 0 Å². The molecule has 0 spiro atoms. The summed E-state index contributed by atoms with van der Waals surface area (Å²) in [6, 6.07) is 0. The first-order valence-corrected chi connectivity index (χ1v) is 7.11. The van der Waals surface area contributed by atoms with Gasteiger partial charge in [0.05, 0.1) is 6.54 Å². The molecule has 1 atom stereocenters. The topological polar surface area (TPSA) is 54.5 Å². The SMILES string of the molecule is CS(=O)(=O)C1CSCCN1CC=O. The second-order valence-electron chi connectivity index (χ2n) is 3.02. The van der Waals surface area contributed by atoms with Gasteiger partial charge in [-0.2, -0.15) is 11.8 Å². The van der Waals surface area contributed by atoms with Crippen LogP contribution in [-0.2, 0) is 14.6 Å². The average Bonchev–Trinajstić information content (AvgIpc) is 2.04. The average molecular weight is 223 g/mol. The molecule has 0 aromatic carbocycles. The maximum atomic E-state index is 11.3. The first-order valence-electron chi connectivity index (χ1n) is 4.00. The van der Waals surface area contributed by atoms with E-state index < -0.39 is 15.2 Å². The monoisotopic (exact) mass is 223 g/mol. The van der Waals surface area contributed by atoms with Crippen molar-refractivity contribution in [1.29, 1.82) is 0 Å². The minimum atomic E-state index is -3.05. The van der Waals surface area contributed by atoms with Gasteiger partial charge in [0.1, 0.15) is 11.7 Å². The van der Waals surface area contributed by atoms with Gasteiger partial charge in [0, 0.05) is 24.3 Å². The zero-order valence-corrected chi connectivity index (χ0v) is 9.10. The van der Waals surface area contributed by atoms with Crippen LogP contribution in [-0.4, -0.2) is 55.8 Å². The lowest BCUT2D eigenvalue weighted by atomic mass is 10.5. The number of rotatable bonds is 3. The van der Waals surface area contributed by atoms with Crippen molar-refractivity contribution in [2.75, 3.05) is 30.9 Å². The van der Waals surface area contributed by atoms with Crippen molar-refractivity contribution in [3.63, 3.8) is 0 Å². The highest BCUT2D eigenvalue weighted by molar-refractivity contribution is 8.00. The van der Waals surface area contributed by atoms with Crippen molar-refractivity contribution >= 4 is 27.9 Å². The second-order valence-corrected chi connectivity index (χ2v) is 6.37. The third-order valence-corrected chi connectivity index (χ3v) is 4.68. The predicted octanol–water partition coefficient (Wildman–Crippen LogP) is -0.395. The van der Waals surface area contributed by atoms with Gasteiger partial charge in [0.25, 0.3) is 0 Å². The van der Waals surface area contributed by atoms with Gasteiger partial charge in [-0.15, -0.1) is 0 Å². The molecule has 0 saturated carbocycles. The van der Waals surface area contributed by atoms with Gasteiger partial charge in [-0.1, -0.05) is 0 Å². The van der Waals surface area contributed by atoms with E-state index in [1.807, 2.05) is 0 Å². The molecule has 1 unspecified atom stereocenters. The Labute approximate surface area is 82.6 Å². The van der Waals surface area contributed by atoms with Crippen LogP contribution in [0.1, 0.15) is 0 Å². The van der Waals surface area contributed by atoms with Crippen LogP contribution in [0.15, 0.2) is 0 Å². The molecule has 0 aromatic rings. The smallest absolute Gasteiger partial charge is 0.164 e. The van der Waals surface area contributed by atoms with Crippen molar-refractivity contribution in [2.45, 2.75) is 5.37 Å². The van der Waals surface area contributed by atoms with Crippen LogP contribution in [0.5, 0.6) is 0 Å². The lowest BCUT2D eigenvalue weighted by Crippen LogP contribution is -2.47. The van der Waals surface area contributed by atoms with Crippen LogP contribution in [0.25, 0.3) is 0 Å². The molecule has 76 valence electrons. The molecule has 1 fully saturated rings. The van der Waals surface area contributed by atoms with Crippen molar-refractivity contribution < 1.29 is 13.2 Å². The highest BCUT2D eigenvalue weighted by atomic mass is 32.2. The maximum absolute atomic E-state index is 11.3. The first kappa shape index (κ1) is 11.0. The molecule has 0 radical (unpaired) electrons. The van der Waals surface area contributed by atoms with Crippen LogP contribution in [0.2, 0.25) is 0 Å². The van der Waals surface area contributed by atoms with Crippen LogP contribution in [0.3, 0.4) is 0 Å². The van der Waals surface area contributed by atoms with E-state index in [-0.39, 0.29) is 6.54 Å². The summed E-state index contributed by atoms with van der Waals surface area (Å²) in [6.07, 6.45) is 1.98. The van der Waals surface area contributed by atoms with Gasteiger partial charge in [-0.25, -0.2) is 8.42 Å². The van der Waals surface area contributed by atoms with Gasteiger partial charge in [0.2, 0.25) is 0 Å². The summed E-state index contributed by atoms with van der Waals surface area (Å²) in [5.74, 6) is 1.48. The summed E-state index contributed by atoms with van der Waals surface area (Å²) in [5, 5.41) is -0.476. The third kappa shape index (κ3) is 2.96. The minimum Gasteiger partial charge on any atom is -0.302 e. The largest absolute Gasteiger partial charge is 0.302 e. The van der Waals surface area contributed by atoms with Crippen molar-refractivity contribution in [1.82, 2.24) is 4.90 Å². The number of thioether (sulfide) groups is 1. The summed E-state index contributed by atoms with van der Waals surface area (Å²) < 4.78 is 22.6. The van der Waals surface area contributed by atoms with Gasteiger partial charge < -0.3 is 4.79 Å². The molecule has 6 heteroatoms. The van der Waals surface area contributed by atoms with Crippen molar-refractivity contribution in [2.24, 2.45) is 0 Å². The number of carbonyl (C=O) groups is 1. The number of hydrogen-bond donors (Lipinski definition) is 0. The molecular weight excluding hydrogens is 210 g/mol. The summed E-state index contributed by atoms with van der Waals surface area (Å²) in [6.45, 7) is 0.902. The summed E-state index contributed by atoms with van der Waals surface area (Å²) >= 11 is 1.62. The fourth-order valence-electron chi connectivity index (χ4n) is 1.31. The summed E-state index contributed by atoms with van der Waals surface area (Å²) in [4.78, 5) is 12.0. The van der Waals surface area contributed by atoms with Gasteiger partial charge in [-0.05, 0) is 0 Å². The fraction of sp³-hybridized carbons (Fsp3) is 0.857. The van der Waals surface area contributed by atoms with Crippen molar-refractivity contribution in [3.8, 4) is 0 Å². The number of sulfone groups is 1. The molecule has 1 heterocycles. The van der Waals surface area contributed by atoms with E-state index in [1.165, 1.54) is 6.26 Å². The number of aldehydes is 1. The molecule has 4 nitrogen and oxygen atoms in total. The number of carbonyl (C=O) groups excluding carboxylic acids is 1. The number of nitrogens with zero attached hydrogens (tertiary/aromatic N) is 1. The molecular formula is C7H13NO3S2. The molecule has 1 aliphatic rings.